The Hall–Kier alpha value is -2.24. The van der Waals surface area contributed by atoms with Gasteiger partial charge in [0.15, 0.2) is 6.17 Å². The Balaban J connectivity index is 1.42. The molecule has 6 heteroatoms. The van der Waals surface area contributed by atoms with Crippen molar-refractivity contribution >= 4 is 33.8 Å². The number of furan rings is 1. The summed E-state index contributed by atoms with van der Waals surface area (Å²) in [6.07, 6.45) is 2.77. The SMILES string of the molecule is CC(C)(C)[C@@H]1CCc2c(sc3c2C(=O)N[C@H](c2ccc(-c4ccccc4Cl)o2)N3)C1. The molecule has 0 saturated heterocycles. The van der Waals surface area contributed by atoms with Crippen molar-refractivity contribution < 1.29 is 9.21 Å². The minimum atomic E-state index is -0.389. The molecule has 3 heterocycles. The maximum absolute atomic E-state index is 13.0. The van der Waals surface area contributed by atoms with Gasteiger partial charge in [-0.05, 0) is 60.4 Å². The number of fused-ring (bicyclic) bond motifs is 3. The summed E-state index contributed by atoms with van der Waals surface area (Å²) >= 11 is 8.03. The minimum Gasteiger partial charge on any atom is -0.457 e. The van der Waals surface area contributed by atoms with E-state index in [2.05, 4.69) is 31.4 Å². The second kappa shape index (κ2) is 7.17. The molecular weight excluding hydrogens is 416 g/mol. The Morgan fingerprint density at radius 2 is 1.93 bits per heavy atom. The van der Waals surface area contributed by atoms with Gasteiger partial charge in [0, 0.05) is 10.4 Å². The van der Waals surface area contributed by atoms with E-state index >= 15 is 0 Å². The van der Waals surface area contributed by atoms with Gasteiger partial charge >= 0.3 is 0 Å². The third-order valence-corrected chi connectivity index (χ3v) is 7.83. The van der Waals surface area contributed by atoms with Crippen LogP contribution < -0.4 is 10.6 Å². The zero-order valence-corrected chi connectivity index (χ0v) is 18.9. The van der Waals surface area contributed by atoms with Crippen LogP contribution in [-0.2, 0) is 12.8 Å². The van der Waals surface area contributed by atoms with Crippen LogP contribution in [0, 0.1) is 11.3 Å². The Kier molecular flexibility index (Phi) is 4.71. The summed E-state index contributed by atoms with van der Waals surface area (Å²) in [5, 5.41) is 8.17. The number of thiophene rings is 1. The van der Waals surface area contributed by atoms with E-state index < -0.39 is 0 Å². The first-order valence-corrected chi connectivity index (χ1v) is 11.6. The van der Waals surface area contributed by atoms with Gasteiger partial charge in [-0.15, -0.1) is 11.3 Å². The number of hydrogen-bond acceptors (Lipinski definition) is 4. The number of halogens is 1. The van der Waals surface area contributed by atoms with Gasteiger partial charge in [0.1, 0.15) is 16.5 Å². The molecule has 30 heavy (non-hydrogen) atoms. The summed E-state index contributed by atoms with van der Waals surface area (Å²) in [6, 6.07) is 11.4. The number of amides is 1. The van der Waals surface area contributed by atoms with Crippen LogP contribution in [0.5, 0.6) is 0 Å². The molecule has 3 aromatic rings. The van der Waals surface area contributed by atoms with Crippen LogP contribution in [-0.4, -0.2) is 5.91 Å². The lowest BCUT2D eigenvalue weighted by Crippen LogP contribution is -2.38. The van der Waals surface area contributed by atoms with Gasteiger partial charge < -0.3 is 15.1 Å². The van der Waals surface area contributed by atoms with Crippen molar-refractivity contribution in [3.63, 3.8) is 0 Å². The van der Waals surface area contributed by atoms with Crippen LogP contribution in [0.4, 0.5) is 5.00 Å². The molecule has 2 atom stereocenters. The van der Waals surface area contributed by atoms with E-state index in [1.807, 2.05) is 36.4 Å². The predicted molar refractivity (Wildman–Crippen MR) is 122 cm³/mol. The van der Waals surface area contributed by atoms with E-state index in [1.54, 1.807) is 11.3 Å². The molecule has 2 N–H and O–H groups in total. The number of hydrogen-bond donors (Lipinski definition) is 2. The summed E-state index contributed by atoms with van der Waals surface area (Å²) in [6.45, 7) is 6.93. The average molecular weight is 441 g/mol. The Labute approximate surface area is 185 Å². The van der Waals surface area contributed by atoms with E-state index in [9.17, 15) is 4.79 Å². The summed E-state index contributed by atoms with van der Waals surface area (Å²) in [7, 11) is 0. The number of benzene rings is 1. The summed E-state index contributed by atoms with van der Waals surface area (Å²) in [4.78, 5) is 14.4. The summed E-state index contributed by atoms with van der Waals surface area (Å²) in [5.74, 6) is 1.99. The van der Waals surface area contributed by atoms with Crippen LogP contribution in [0.15, 0.2) is 40.8 Å². The highest BCUT2D eigenvalue weighted by Crippen LogP contribution is 2.46. The lowest BCUT2D eigenvalue weighted by molar-refractivity contribution is 0.0930. The van der Waals surface area contributed by atoms with Crippen molar-refractivity contribution in [2.75, 3.05) is 5.32 Å². The summed E-state index contributed by atoms with van der Waals surface area (Å²) < 4.78 is 6.06. The fraction of sp³-hybridized carbons (Fsp3) is 0.375. The van der Waals surface area contributed by atoms with Gasteiger partial charge in [0.2, 0.25) is 0 Å². The maximum Gasteiger partial charge on any atom is 0.256 e. The highest BCUT2D eigenvalue weighted by molar-refractivity contribution is 7.16. The van der Waals surface area contributed by atoms with E-state index in [0.717, 1.165) is 35.4 Å². The Morgan fingerprint density at radius 1 is 1.13 bits per heavy atom. The largest absolute Gasteiger partial charge is 0.457 e. The Morgan fingerprint density at radius 3 is 2.70 bits per heavy atom. The van der Waals surface area contributed by atoms with Gasteiger partial charge in [-0.25, -0.2) is 0 Å². The molecule has 156 valence electrons. The number of nitrogens with one attached hydrogen (secondary N) is 2. The molecular formula is C24H25ClN2O2S. The molecule has 0 radical (unpaired) electrons. The molecule has 1 aromatic carbocycles. The van der Waals surface area contributed by atoms with E-state index in [1.165, 1.54) is 10.4 Å². The minimum absolute atomic E-state index is 0.0175. The predicted octanol–water partition coefficient (Wildman–Crippen LogP) is 6.67. The molecule has 5 rings (SSSR count). The van der Waals surface area contributed by atoms with E-state index in [4.69, 9.17) is 16.0 Å². The molecule has 0 bridgehead atoms. The van der Waals surface area contributed by atoms with Gasteiger partial charge in [-0.1, -0.05) is 44.5 Å². The quantitative estimate of drug-likeness (QED) is 0.468. The van der Waals surface area contributed by atoms with Gasteiger partial charge in [-0.3, -0.25) is 4.79 Å². The van der Waals surface area contributed by atoms with Gasteiger partial charge in [-0.2, -0.15) is 0 Å². The van der Waals surface area contributed by atoms with Crippen LogP contribution in [0.25, 0.3) is 11.3 Å². The number of carbonyl (C=O) groups excluding carboxylic acids is 1. The normalized spacial score (nSPS) is 20.9. The van der Waals surface area contributed by atoms with E-state index in [-0.39, 0.29) is 17.5 Å². The molecule has 1 aliphatic carbocycles. The van der Waals surface area contributed by atoms with Crippen LogP contribution in [0.3, 0.4) is 0 Å². The molecule has 0 spiro atoms. The first kappa shape index (κ1) is 19.7. The zero-order valence-electron chi connectivity index (χ0n) is 17.3. The number of rotatable bonds is 2. The van der Waals surface area contributed by atoms with Gasteiger partial charge in [0.25, 0.3) is 5.91 Å². The molecule has 0 saturated carbocycles. The van der Waals surface area contributed by atoms with E-state index in [0.29, 0.717) is 22.5 Å². The molecule has 1 aliphatic heterocycles. The fourth-order valence-electron chi connectivity index (χ4n) is 4.49. The zero-order chi connectivity index (χ0) is 21.0. The second-order valence-corrected chi connectivity index (χ2v) is 10.8. The molecule has 2 aromatic heterocycles. The average Bonchev–Trinajstić information content (AvgIpc) is 3.31. The molecule has 0 fully saturated rings. The molecule has 4 nitrogen and oxygen atoms in total. The molecule has 2 aliphatic rings. The lowest BCUT2D eigenvalue weighted by atomic mass is 9.72. The van der Waals surface area contributed by atoms with Gasteiger partial charge in [0.05, 0.1) is 10.6 Å². The summed E-state index contributed by atoms with van der Waals surface area (Å²) in [5.41, 5.74) is 3.18. The third-order valence-electron chi connectivity index (χ3n) is 6.32. The third kappa shape index (κ3) is 3.34. The number of anilines is 1. The van der Waals surface area contributed by atoms with Crippen LogP contribution in [0.1, 0.15) is 59.9 Å². The fourth-order valence-corrected chi connectivity index (χ4v) is 6.08. The maximum atomic E-state index is 13.0. The van der Waals surface area contributed by atoms with Crippen molar-refractivity contribution in [3.8, 4) is 11.3 Å². The number of carbonyl (C=O) groups is 1. The standard InChI is InChI=1S/C24H25ClN2O2S/c1-24(2,3)13-8-9-15-19(12-13)30-23-20(15)22(28)26-21(27-23)18-11-10-17(29-18)14-6-4-5-7-16(14)25/h4-7,10-11,13,21,27H,8-9,12H2,1-3H3,(H,26,28)/t13-,21+/m1/s1. The highest BCUT2D eigenvalue weighted by Gasteiger charge is 2.37. The monoisotopic (exact) mass is 440 g/mol. The lowest BCUT2D eigenvalue weighted by Gasteiger charge is -2.34. The van der Waals surface area contributed by atoms with Crippen molar-refractivity contribution in [3.05, 3.63) is 63.2 Å². The first-order chi connectivity index (χ1) is 14.3. The van der Waals surface area contributed by atoms with Crippen LogP contribution >= 0.6 is 22.9 Å². The smallest absolute Gasteiger partial charge is 0.256 e. The highest BCUT2D eigenvalue weighted by atomic mass is 35.5. The molecule has 1 amide bonds. The van der Waals surface area contributed by atoms with Crippen molar-refractivity contribution in [1.29, 1.82) is 0 Å². The van der Waals surface area contributed by atoms with Crippen LogP contribution in [0.2, 0.25) is 5.02 Å². The first-order valence-electron chi connectivity index (χ1n) is 10.4. The second-order valence-electron chi connectivity index (χ2n) is 9.25. The molecule has 0 unspecified atom stereocenters. The van der Waals surface area contributed by atoms with Crippen molar-refractivity contribution in [2.45, 2.75) is 46.2 Å². The van der Waals surface area contributed by atoms with Crippen molar-refractivity contribution in [2.24, 2.45) is 11.3 Å². The van der Waals surface area contributed by atoms with Crippen molar-refractivity contribution in [1.82, 2.24) is 5.32 Å². The topological polar surface area (TPSA) is 54.3 Å². The Bertz CT molecular complexity index is 1120.